The second-order valence-electron chi connectivity index (χ2n) is 11.3. The largest absolute Gasteiger partial charge is 0.324 e. The van der Waals surface area contributed by atoms with Crippen molar-refractivity contribution >= 4 is 29.1 Å². The molecule has 4 aromatic rings. The highest BCUT2D eigenvalue weighted by atomic mass is 16.2. The number of carbonyl (C=O) groups excluding carboxylic acids is 2. The van der Waals surface area contributed by atoms with Crippen LogP contribution in [0.15, 0.2) is 84.9 Å². The van der Waals surface area contributed by atoms with Gasteiger partial charge in [0.25, 0.3) is 0 Å². The predicted molar refractivity (Wildman–Crippen MR) is 160 cm³/mol. The van der Waals surface area contributed by atoms with Gasteiger partial charge in [-0.25, -0.2) is 9.48 Å². The minimum Gasteiger partial charge on any atom is -0.308 e. The fourth-order valence-corrected chi connectivity index (χ4v) is 4.65. The van der Waals surface area contributed by atoms with Crippen LogP contribution in [0.2, 0.25) is 0 Å². The van der Waals surface area contributed by atoms with E-state index in [1.165, 1.54) is 0 Å². The lowest BCUT2D eigenvalue weighted by atomic mass is 9.92. The average molecular weight is 537 g/mol. The molecule has 1 saturated heterocycles. The molecule has 3 amide bonds. The molecule has 0 saturated carbocycles. The summed E-state index contributed by atoms with van der Waals surface area (Å²) in [5, 5.41) is 10.7. The molecular formula is C32H36N6O2. The van der Waals surface area contributed by atoms with Gasteiger partial charge in [0.2, 0.25) is 5.91 Å². The molecule has 3 aromatic carbocycles. The first-order valence-corrected chi connectivity index (χ1v) is 13.6. The summed E-state index contributed by atoms with van der Waals surface area (Å²) in [4.78, 5) is 29.5. The van der Waals surface area contributed by atoms with E-state index in [9.17, 15) is 9.59 Å². The van der Waals surface area contributed by atoms with Gasteiger partial charge in [-0.05, 0) is 48.9 Å². The average Bonchev–Trinajstić information content (AvgIpc) is 3.36. The van der Waals surface area contributed by atoms with Crippen LogP contribution < -0.4 is 15.5 Å². The quantitative estimate of drug-likeness (QED) is 0.302. The van der Waals surface area contributed by atoms with Crippen LogP contribution in [0.4, 0.5) is 22.0 Å². The Morgan fingerprint density at radius 3 is 2.27 bits per heavy atom. The molecule has 0 spiro atoms. The Bertz CT molecular complexity index is 1470. The normalized spacial score (nSPS) is 14.3. The Morgan fingerprint density at radius 1 is 0.900 bits per heavy atom. The summed E-state index contributed by atoms with van der Waals surface area (Å²) in [5.74, 6) is 0.747. The van der Waals surface area contributed by atoms with Crippen molar-refractivity contribution in [1.82, 2.24) is 14.7 Å². The maximum Gasteiger partial charge on any atom is 0.324 e. The second-order valence-corrected chi connectivity index (χ2v) is 11.3. The minimum atomic E-state index is -0.338. The zero-order chi connectivity index (χ0) is 28.3. The van der Waals surface area contributed by atoms with E-state index in [-0.39, 0.29) is 17.4 Å². The summed E-state index contributed by atoms with van der Waals surface area (Å²) in [6.45, 7) is 10.3. The molecule has 1 fully saturated rings. The van der Waals surface area contributed by atoms with Gasteiger partial charge in [-0.1, -0.05) is 68.8 Å². The molecule has 2 N–H and O–H groups in total. The molecule has 0 aliphatic carbocycles. The summed E-state index contributed by atoms with van der Waals surface area (Å²) in [7, 11) is 0. The lowest BCUT2D eigenvalue weighted by molar-refractivity contribution is -0.121. The molecule has 1 aliphatic rings. The van der Waals surface area contributed by atoms with E-state index in [4.69, 9.17) is 5.10 Å². The van der Waals surface area contributed by atoms with Gasteiger partial charge in [0.05, 0.1) is 18.1 Å². The Kier molecular flexibility index (Phi) is 7.71. The van der Waals surface area contributed by atoms with Crippen LogP contribution in [-0.4, -0.2) is 39.8 Å². The third kappa shape index (κ3) is 6.40. The van der Waals surface area contributed by atoms with Crippen molar-refractivity contribution in [2.24, 2.45) is 0 Å². The number of hydrogen-bond donors (Lipinski definition) is 2. The lowest BCUT2D eigenvalue weighted by Gasteiger charge is -2.35. The number of aromatic nitrogens is 2. The molecule has 40 heavy (non-hydrogen) atoms. The second kappa shape index (κ2) is 11.4. The molecule has 206 valence electrons. The van der Waals surface area contributed by atoms with E-state index in [1.807, 2.05) is 96.8 Å². The van der Waals surface area contributed by atoms with Gasteiger partial charge < -0.3 is 5.32 Å². The highest BCUT2D eigenvalue weighted by molar-refractivity contribution is 5.99. The number of carbonyl (C=O) groups is 2. The summed E-state index contributed by atoms with van der Waals surface area (Å²) in [5.41, 5.74) is 5.48. The Labute approximate surface area is 235 Å². The Morgan fingerprint density at radius 2 is 1.60 bits per heavy atom. The van der Waals surface area contributed by atoms with Crippen molar-refractivity contribution in [2.45, 2.75) is 46.1 Å². The van der Waals surface area contributed by atoms with Crippen molar-refractivity contribution in [3.8, 4) is 5.69 Å². The molecular weight excluding hydrogens is 500 g/mol. The number of nitrogens with zero attached hydrogens (tertiary/aromatic N) is 4. The number of urea groups is 1. The number of amides is 3. The highest BCUT2D eigenvalue weighted by Gasteiger charge is 2.25. The smallest absolute Gasteiger partial charge is 0.308 e. The van der Waals surface area contributed by atoms with Gasteiger partial charge in [-0.2, -0.15) is 5.10 Å². The van der Waals surface area contributed by atoms with Crippen LogP contribution >= 0.6 is 0 Å². The molecule has 8 nitrogen and oxygen atoms in total. The van der Waals surface area contributed by atoms with Gasteiger partial charge in [0, 0.05) is 42.4 Å². The van der Waals surface area contributed by atoms with Crippen LogP contribution in [-0.2, 0) is 16.8 Å². The van der Waals surface area contributed by atoms with Crippen molar-refractivity contribution in [1.29, 1.82) is 0 Å². The molecule has 0 atom stereocenters. The first-order valence-electron chi connectivity index (χ1n) is 13.6. The maximum absolute atomic E-state index is 13.0. The number of benzene rings is 3. The Hall–Kier alpha value is -4.43. The zero-order valence-corrected chi connectivity index (χ0v) is 23.5. The molecule has 0 unspecified atom stereocenters. The standard InChI is InChI=1S/C32H36N6O2/c1-23-10-16-27(17-11-23)38-29(20-28(35-38)32(2,3)4)34-31(40)33-25-14-12-24(13-15-25)21-36-19-18-30(39)37(22-36)26-8-6-5-7-9-26/h5-17,20H,18-19,21-22H2,1-4H3,(H2,33,34,40). The Balaban J connectivity index is 1.23. The first-order chi connectivity index (χ1) is 19.2. The van der Waals surface area contributed by atoms with E-state index in [0.717, 1.165) is 34.7 Å². The molecule has 0 radical (unpaired) electrons. The van der Waals surface area contributed by atoms with E-state index < -0.39 is 0 Å². The monoisotopic (exact) mass is 536 g/mol. The molecule has 0 bridgehead atoms. The van der Waals surface area contributed by atoms with Gasteiger partial charge >= 0.3 is 6.03 Å². The number of rotatable bonds is 6. The van der Waals surface area contributed by atoms with Crippen molar-refractivity contribution in [3.63, 3.8) is 0 Å². The van der Waals surface area contributed by atoms with E-state index in [1.54, 1.807) is 4.68 Å². The van der Waals surface area contributed by atoms with Gasteiger partial charge in [0.1, 0.15) is 5.82 Å². The third-order valence-electron chi connectivity index (χ3n) is 6.97. The molecule has 1 aliphatic heterocycles. The van der Waals surface area contributed by atoms with Crippen LogP contribution in [0, 0.1) is 6.92 Å². The predicted octanol–water partition coefficient (Wildman–Crippen LogP) is 6.32. The van der Waals surface area contributed by atoms with E-state index in [0.29, 0.717) is 31.1 Å². The summed E-state index contributed by atoms with van der Waals surface area (Å²) in [6.07, 6.45) is 0.491. The molecule has 1 aromatic heterocycles. The topological polar surface area (TPSA) is 82.5 Å². The van der Waals surface area contributed by atoms with Crippen LogP contribution in [0.25, 0.3) is 5.69 Å². The molecule has 5 rings (SSSR count). The molecule has 8 heteroatoms. The SMILES string of the molecule is Cc1ccc(-n2nc(C(C)(C)C)cc2NC(=O)Nc2ccc(CN3CCC(=O)N(c4ccccc4)C3)cc2)cc1. The fraction of sp³-hybridized carbons (Fsp3) is 0.281. The third-order valence-corrected chi connectivity index (χ3v) is 6.97. The number of aryl methyl sites for hydroxylation is 1. The van der Waals surface area contributed by atoms with Gasteiger partial charge in [-0.3, -0.25) is 19.9 Å². The van der Waals surface area contributed by atoms with Crippen LogP contribution in [0.3, 0.4) is 0 Å². The minimum absolute atomic E-state index is 0.145. The van der Waals surface area contributed by atoms with Crippen LogP contribution in [0.5, 0.6) is 0 Å². The number of hydrogen-bond acceptors (Lipinski definition) is 4. The maximum atomic E-state index is 13.0. The number of para-hydroxylation sites is 1. The fourth-order valence-electron chi connectivity index (χ4n) is 4.65. The number of anilines is 3. The van der Waals surface area contributed by atoms with Gasteiger partial charge in [-0.15, -0.1) is 0 Å². The zero-order valence-electron chi connectivity index (χ0n) is 23.5. The number of nitrogens with one attached hydrogen (secondary N) is 2. The van der Waals surface area contributed by atoms with E-state index in [2.05, 4.69) is 36.3 Å². The highest BCUT2D eigenvalue weighted by Crippen LogP contribution is 2.27. The van der Waals surface area contributed by atoms with Crippen molar-refractivity contribution < 1.29 is 9.59 Å². The van der Waals surface area contributed by atoms with Crippen molar-refractivity contribution in [3.05, 3.63) is 102 Å². The first kappa shape index (κ1) is 27.1. The van der Waals surface area contributed by atoms with E-state index >= 15 is 0 Å². The van der Waals surface area contributed by atoms with Crippen molar-refractivity contribution in [2.75, 3.05) is 28.7 Å². The summed E-state index contributed by atoms with van der Waals surface area (Å²) in [6, 6.07) is 27.2. The summed E-state index contributed by atoms with van der Waals surface area (Å²) >= 11 is 0. The van der Waals surface area contributed by atoms with Crippen LogP contribution in [0.1, 0.15) is 44.0 Å². The molecule has 2 heterocycles. The summed E-state index contributed by atoms with van der Waals surface area (Å²) < 4.78 is 1.77. The van der Waals surface area contributed by atoms with Gasteiger partial charge in [0.15, 0.2) is 0 Å². The lowest BCUT2D eigenvalue weighted by Crippen LogP contribution is -2.47.